The summed E-state index contributed by atoms with van der Waals surface area (Å²) in [5.74, 6) is 0. The standard InChI is InChI=1S/C7H12N2O2/c10-7(11)9-4-5-1-2-6(9)3-8-5/h5-6,8H,1-4H2,(H,10,11)/t5-,6?/m0/s1. The summed E-state index contributed by atoms with van der Waals surface area (Å²) in [6.07, 6.45) is 1.40. The van der Waals surface area contributed by atoms with Crippen LogP contribution >= 0.6 is 0 Å². The van der Waals surface area contributed by atoms with Crippen LogP contribution in [0.2, 0.25) is 0 Å². The van der Waals surface area contributed by atoms with Crippen molar-refractivity contribution in [3.63, 3.8) is 0 Å². The van der Waals surface area contributed by atoms with Gasteiger partial charge in [-0.1, -0.05) is 0 Å². The second-order valence-corrected chi connectivity index (χ2v) is 3.27. The number of hydrogen-bond acceptors (Lipinski definition) is 2. The molecule has 3 rings (SSSR count). The van der Waals surface area contributed by atoms with Crippen molar-refractivity contribution in [2.45, 2.75) is 24.9 Å². The minimum absolute atomic E-state index is 0.234. The van der Waals surface area contributed by atoms with Crippen molar-refractivity contribution in [3.8, 4) is 0 Å². The van der Waals surface area contributed by atoms with E-state index in [0.29, 0.717) is 12.6 Å². The number of rotatable bonds is 0. The van der Waals surface area contributed by atoms with E-state index in [2.05, 4.69) is 5.32 Å². The summed E-state index contributed by atoms with van der Waals surface area (Å²) in [5.41, 5.74) is 0. The summed E-state index contributed by atoms with van der Waals surface area (Å²) in [6, 6.07) is 0.647. The molecule has 0 aliphatic carbocycles. The van der Waals surface area contributed by atoms with Gasteiger partial charge in [-0.25, -0.2) is 4.79 Å². The molecule has 0 aromatic rings. The van der Waals surface area contributed by atoms with E-state index < -0.39 is 6.09 Å². The molecule has 3 aliphatic heterocycles. The molecule has 11 heavy (non-hydrogen) atoms. The minimum Gasteiger partial charge on any atom is -0.465 e. The summed E-state index contributed by atoms with van der Waals surface area (Å²) >= 11 is 0. The van der Waals surface area contributed by atoms with E-state index in [-0.39, 0.29) is 6.04 Å². The first kappa shape index (κ1) is 6.91. The fourth-order valence-electron chi connectivity index (χ4n) is 1.94. The number of carbonyl (C=O) groups is 1. The Morgan fingerprint density at radius 3 is 2.64 bits per heavy atom. The Morgan fingerprint density at radius 2 is 2.36 bits per heavy atom. The van der Waals surface area contributed by atoms with Gasteiger partial charge in [0.05, 0.1) is 0 Å². The first-order chi connectivity index (χ1) is 5.27. The quantitative estimate of drug-likeness (QED) is 0.523. The number of hydrogen-bond donors (Lipinski definition) is 2. The molecule has 3 fully saturated rings. The van der Waals surface area contributed by atoms with Gasteiger partial charge in [-0.3, -0.25) is 0 Å². The first-order valence-electron chi connectivity index (χ1n) is 4.00. The molecule has 62 valence electrons. The predicted molar refractivity (Wildman–Crippen MR) is 39.5 cm³/mol. The molecule has 3 saturated heterocycles. The maximum Gasteiger partial charge on any atom is 0.407 e. The van der Waals surface area contributed by atoms with Crippen LogP contribution < -0.4 is 5.32 Å². The lowest BCUT2D eigenvalue weighted by molar-refractivity contribution is 0.0674. The molecule has 2 bridgehead atoms. The predicted octanol–water partition coefficient (Wildman–Crippen LogP) is 0.101. The summed E-state index contributed by atoms with van der Waals surface area (Å²) in [4.78, 5) is 12.2. The number of amides is 1. The van der Waals surface area contributed by atoms with Crippen LogP contribution in [-0.2, 0) is 0 Å². The van der Waals surface area contributed by atoms with Gasteiger partial charge < -0.3 is 15.3 Å². The Bertz CT molecular complexity index is 175. The largest absolute Gasteiger partial charge is 0.465 e. The van der Waals surface area contributed by atoms with Crippen LogP contribution in [0.5, 0.6) is 0 Å². The van der Waals surface area contributed by atoms with Gasteiger partial charge in [-0.15, -0.1) is 0 Å². The smallest absolute Gasteiger partial charge is 0.407 e. The van der Waals surface area contributed by atoms with Crippen LogP contribution in [0.3, 0.4) is 0 Å². The fourth-order valence-corrected chi connectivity index (χ4v) is 1.94. The van der Waals surface area contributed by atoms with Crippen LogP contribution in [0, 0.1) is 0 Å². The summed E-state index contributed by atoms with van der Waals surface area (Å²) < 4.78 is 0. The topological polar surface area (TPSA) is 52.6 Å². The monoisotopic (exact) mass is 156 g/mol. The second kappa shape index (κ2) is 2.37. The third kappa shape index (κ3) is 1.07. The molecule has 1 unspecified atom stereocenters. The molecule has 2 atom stereocenters. The highest BCUT2D eigenvalue weighted by Crippen LogP contribution is 2.21. The van der Waals surface area contributed by atoms with E-state index in [1.807, 2.05) is 0 Å². The molecule has 0 aromatic heterocycles. The number of fused-ring (bicyclic) bond motifs is 3. The van der Waals surface area contributed by atoms with Gasteiger partial charge in [0, 0.05) is 25.2 Å². The highest BCUT2D eigenvalue weighted by molar-refractivity contribution is 5.66. The Hall–Kier alpha value is -0.770. The first-order valence-corrected chi connectivity index (χ1v) is 4.00. The molecular weight excluding hydrogens is 144 g/mol. The molecule has 3 heterocycles. The number of carboxylic acid groups (broad SMARTS) is 1. The molecule has 1 amide bonds. The van der Waals surface area contributed by atoms with E-state index >= 15 is 0 Å². The molecular formula is C7H12N2O2. The van der Waals surface area contributed by atoms with Crippen molar-refractivity contribution < 1.29 is 9.90 Å². The lowest BCUT2D eigenvalue weighted by Gasteiger charge is -2.44. The fraction of sp³-hybridized carbons (Fsp3) is 0.857. The molecule has 0 radical (unpaired) electrons. The van der Waals surface area contributed by atoms with Crippen molar-refractivity contribution in [3.05, 3.63) is 0 Å². The Labute approximate surface area is 65.2 Å². The Kier molecular flexibility index (Phi) is 1.49. The Morgan fingerprint density at radius 1 is 1.55 bits per heavy atom. The molecule has 3 aliphatic rings. The zero-order chi connectivity index (χ0) is 7.84. The third-order valence-electron chi connectivity index (χ3n) is 2.59. The normalized spacial score (nSPS) is 35.8. The van der Waals surface area contributed by atoms with Gasteiger partial charge in [-0.2, -0.15) is 0 Å². The van der Waals surface area contributed by atoms with Crippen LogP contribution in [0.25, 0.3) is 0 Å². The van der Waals surface area contributed by atoms with Crippen molar-refractivity contribution >= 4 is 6.09 Å². The van der Waals surface area contributed by atoms with Crippen molar-refractivity contribution in [2.24, 2.45) is 0 Å². The SMILES string of the molecule is O=C(O)N1C[C@@H]2CCC1CN2. The molecule has 0 aromatic carbocycles. The maximum absolute atomic E-state index is 10.6. The van der Waals surface area contributed by atoms with Crippen LogP contribution in [0.1, 0.15) is 12.8 Å². The van der Waals surface area contributed by atoms with E-state index in [1.54, 1.807) is 4.90 Å². The second-order valence-electron chi connectivity index (χ2n) is 3.27. The average molecular weight is 156 g/mol. The molecule has 4 nitrogen and oxygen atoms in total. The van der Waals surface area contributed by atoms with E-state index in [4.69, 9.17) is 5.11 Å². The van der Waals surface area contributed by atoms with E-state index in [0.717, 1.165) is 19.4 Å². The van der Waals surface area contributed by atoms with Crippen LogP contribution in [0.15, 0.2) is 0 Å². The van der Waals surface area contributed by atoms with Gasteiger partial charge in [0.15, 0.2) is 0 Å². The number of piperazine rings is 1. The molecule has 4 heteroatoms. The van der Waals surface area contributed by atoms with E-state index in [9.17, 15) is 4.79 Å². The van der Waals surface area contributed by atoms with Gasteiger partial charge in [0.2, 0.25) is 0 Å². The lowest BCUT2D eigenvalue weighted by atomic mass is 9.94. The highest BCUT2D eigenvalue weighted by atomic mass is 16.4. The summed E-state index contributed by atoms with van der Waals surface area (Å²) in [5, 5.41) is 12.1. The van der Waals surface area contributed by atoms with Gasteiger partial charge in [0.25, 0.3) is 0 Å². The third-order valence-corrected chi connectivity index (χ3v) is 2.59. The van der Waals surface area contributed by atoms with Gasteiger partial charge in [0.1, 0.15) is 0 Å². The molecule has 0 saturated carbocycles. The van der Waals surface area contributed by atoms with Crippen LogP contribution in [-0.4, -0.2) is 41.3 Å². The summed E-state index contributed by atoms with van der Waals surface area (Å²) in [6.45, 7) is 1.52. The molecule has 2 N–H and O–H groups in total. The zero-order valence-electron chi connectivity index (χ0n) is 6.29. The van der Waals surface area contributed by atoms with Crippen molar-refractivity contribution in [2.75, 3.05) is 13.1 Å². The minimum atomic E-state index is -0.763. The Balaban J connectivity index is 2.08. The summed E-state index contributed by atoms with van der Waals surface area (Å²) in [7, 11) is 0. The number of piperidine rings is 2. The van der Waals surface area contributed by atoms with E-state index in [1.165, 1.54) is 0 Å². The number of nitrogens with one attached hydrogen (secondary N) is 1. The molecule has 0 spiro atoms. The van der Waals surface area contributed by atoms with Crippen molar-refractivity contribution in [1.82, 2.24) is 10.2 Å². The average Bonchev–Trinajstić information content (AvgIpc) is 2.06. The highest BCUT2D eigenvalue weighted by Gasteiger charge is 2.35. The maximum atomic E-state index is 10.6. The van der Waals surface area contributed by atoms with Gasteiger partial charge in [-0.05, 0) is 12.8 Å². The van der Waals surface area contributed by atoms with Crippen LogP contribution in [0.4, 0.5) is 4.79 Å². The van der Waals surface area contributed by atoms with Crippen molar-refractivity contribution in [1.29, 1.82) is 0 Å². The lowest BCUT2D eigenvalue weighted by Crippen LogP contribution is -2.62. The number of nitrogens with zero attached hydrogens (tertiary/aromatic N) is 1. The van der Waals surface area contributed by atoms with Gasteiger partial charge >= 0.3 is 6.09 Å². The zero-order valence-corrected chi connectivity index (χ0v) is 6.29.